The second-order valence-corrected chi connectivity index (χ2v) is 6.24. The maximum absolute atomic E-state index is 5.62. The molecule has 0 unspecified atom stereocenters. The number of para-hydroxylation sites is 1. The predicted molar refractivity (Wildman–Crippen MR) is 105 cm³/mol. The Morgan fingerprint density at radius 3 is 2.62 bits per heavy atom. The summed E-state index contributed by atoms with van der Waals surface area (Å²) in [6, 6.07) is 26.9. The van der Waals surface area contributed by atoms with Gasteiger partial charge in [0.15, 0.2) is 5.84 Å². The van der Waals surface area contributed by atoms with Gasteiger partial charge in [-0.1, -0.05) is 42.5 Å². The zero-order valence-electron chi connectivity index (χ0n) is 14.1. The van der Waals surface area contributed by atoms with Crippen LogP contribution in [0.2, 0.25) is 0 Å². The number of amidine groups is 1. The summed E-state index contributed by atoms with van der Waals surface area (Å²) < 4.78 is 5.62. The largest absolute Gasteiger partial charge is 0.464 e. The Morgan fingerprint density at radius 2 is 1.69 bits per heavy atom. The molecule has 5 rings (SSSR count). The molecule has 0 spiro atoms. The van der Waals surface area contributed by atoms with Crippen molar-refractivity contribution in [1.82, 2.24) is 5.43 Å². The van der Waals surface area contributed by atoms with Crippen LogP contribution in [-0.4, -0.2) is 5.84 Å². The van der Waals surface area contributed by atoms with E-state index in [4.69, 9.17) is 4.42 Å². The summed E-state index contributed by atoms with van der Waals surface area (Å²) in [6.45, 7) is 0.736. The first-order valence-electron chi connectivity index (χ1n) is 8.61. The molecule has 3 aromatic carbocycles. The van der Waals surface area contributed by atoms with E-state index in [0.717, 1.165) is 40.3 Å². The highest BCUT2D eigenvalue weighted by Crippen LogP contribution is 2.32. The minimum Gasteiger partial charge on any atom is -0.464 e. The van der Waals surface area contributed by atoms with Crippen LogP contribution in [-0.2, 0) is 6.54 Å². The number of anilines is 2. The van der Waals surface area contributed by atoms with E-state index in [0.29, 0.717) is 0 Å². The summed E-state index contributed by atoms with van der Waals surface area (Å²) in [6.07, 6.45) is 1.72. The van der Waals surface area contributed by atoms with E-state index in [1.54, 1.807) is 6.26 Å². The summed E-state index contributed by atoms with van der Waals surface area (Å²) >= 11 is 0. The van der Waals surface area contributed by atoms with Gasteiger partial charge in [-0.15, -0.1) is 0 Å². The van der Waals surface area contributed by atoms with Crippen LogP contribution in [0.15, 0.2) is 94.6 Å². The van der Waals surface area contributed by atoms with Gasteiger partial charge in [0.05, 0.1) is 18.5 Å². The molecule has 0 bridgehead atoms. The molecule has 4 heteroatoms. The molecule has 4 nitrogen and oxygen atoms in total. The van der Waals surface area contributed by atoms with Crippen molar-refractivity contribution in [3.05, 3.63) is 96.3 Å². The molecule has 1 N–H and O–H groups in total. The Morgan fingerprint density at radius 1 is 0.846 bits per heavy atom. The number of fused-ring (bicyclic) bond motifs is 2. The van der Waals surface area contributed by atoms with Gasteiger partial charge in [0.1, 0.15) is 5.58 Å². The van der Waals surface area contributed by atoms with Crippen LogP contribution >= 0.6 is 0 Å². The quantitative estimate of drug-likeness (QED) is 0.556. The van der Waals surface area contributed by atoms with Crippen LogP contribution in [0.5, 0.6) is 0 Å². The standard InChI is InChI=1S/C22H17N3O/c1-2-7-18(8-3-1)25(19-11-10-16-12-13-26-21(16)14-19)22-20-9-5-4-6-17(20)15-23-24-22/h1-14,23H,15H2. The molecular formula is C22H17N3O. The van der Waals surface area contributed by atoms with Gasteiger partial charge in [-0.3, -0.25) is 4.90 Å². The molecule has 0 saturated carbocycles. The second-order valence-electron chi connectivity index (χ2n) is 6.24. The Kier molecular flexibility index (Phi) is 3.46. The fraction of sp³-hybridized carbons (Fsp3) is 0.0455. The van der Waals surface area contributed by atoms with Gasteiger partial charge in [0.25, 0.3) is 0 Å². The van der Waals surface area contributed by atoms with Gasteiger partial charge in [-0.05, 0) is 35.9 Å². The molecule has 1 aromatic heterocycles. The van der Waals surface area contributed by atoms with Gasteiger partial charge in [-0.2, -0.15) is 5.10 Å². The summed E-state index contributed by atoms with van der Waals surface area (Å²) in [5.74, 6) is 0.879. The lowest BCUT2D eigenvalue weighted by molar-refractivity contribution is 0.616. The van der Waals surface area contributed by atoms with E-state index >= 15 is 0 Å². The zero-order valence-corrected chi connectivity index (χ0v) is 14.1. The normalized spacial score (nSPS) is 13.0. The molecule has 1 aliphatic rings. The zero-order chi connectivity index (χ0) is 17.3. The van der Waals surface area contributed by atoms with Crippen LogP contribution in [0.1, 0.15) is 11.1 Å². The molecule has 1 aliphatic heterocycles. The van der Waals surface area contributed by atoms with Crippen LogP contribution in [0.4, 0.5) is 11.4 Å². The van der Waals surface area contributed by atoms with E-state index in [1.807, 2.05) is 24.3 Å². The second kappa shape index (κ2) is 6.08. The first kappa shape index (κ1) is 14.8. The predicted octanol–water partition coefficient (Wildman–Crippen LogP) is 5.04. The van der Waals surface area contributed by atoms with Crippen molar-refractivity contribution in [1.29, 1.82) is 0 Å². The fourth-order valence-corrected chi connectivity index (χ4v) is 3.38. The van der Waals surface area contributed by atoms with E-state index in [9.17, 15) is 0 Å². The maximum Gasteiger partial charge on any atom is 0.165 e. The summed E-state index contributed by atoms with van der Waals surface area (Å²) in [5, 5.41) is 5.74. The molecule has 0 saturated heterocycles. The van der Waals surface area contributed by atoms with Crippen LogP contribution in [0.25, 0.3) is 11.0 Å². The summed E-state index contributed by atoms with van der Waals surface area (Å²) in [7, 11) is 0. The molecule has 2 heterocycles. The van der Waals surface area contributed by atoms with Crippen LogP contribution < -0.4 is 10.3 Å². The van der Waals surface area contributed by atoms with Crippen LogP contribution in [0, 0.1) is 0 Å². The smallest absolute Gasteiger partial charge is 0.165 e. The van der Waals surface area contributed by atoms with Crippen molar-refractivity contribution in [2.75, 3.05) is 4.90 Å². The van der Waals surface area contributed by atoms with E-state index in [2.05, 4.69) is 70.0 Å². The molecule has 0 fully saturated rings. The summed E-state index contributed by atoms with van der Waals surface area (Å²) in [5.41, 5.74) is 8.46. The maximum atomic E-state index is 5.62. The molecular weight excluding hydrogens is 322 g/mol. The lowest BCUT2D eigenvalue weighted by Gasteiger charge is -2.29. The number of hydrazone groups is 1. The number of hydrogen-bond acceptors (Lipinski definition) is 4. The first-order chi connectivity index (χ1) is 12.9. The Balaban J connectivity index is 1.71. The third-order valence-corrected chi connectivity index (χ3v) is 4.64. The van der Waals surface area contributed by atoms with Gasteiger partial charge in [-0.25, -0.2) is 0 Å². The van der Waals surface area contributed by atoms with Crippen LogP contribution in [0.3, 0.4) is 0 Å². The molecule has 126 valence electrons. The average Bonchev–Trinajstić information content (AvgIpc) is 3.17. The third-order valence-electron chi connectivity index (χ3n) is 4.64. The van der Waals surface area contributed by atoms with Crippen molar-refractivity contribution >= 4 is 28.2 Å². The minimum atomic E-state index is 0.736. The van der Waals surface area contributed by atoms with Gasteiger partial charge < -0.3 is 9.84 Å². The number of furan rings is 1. The topological polar surface area (TPSA) is 40.8 Å². The van der Waals surface area contributed by atoms with Crippen molar-refractivity contribution in [3.63, 3.8) is 0 Å². The van der Waals surface area contributed by atoms with E-state index < -0.39 is 0 Å². The number of nitrogens with zero attached hydrogens (tertiary/aromatic N) is 2. The van der Waals surface area contributed by atoms with Crippen molar-refractivity contribution in [2.24, 2.45) is 5.10 Å². The number of hydrogen-bond donors (Lipinski definition) is 1. The lowest BCUT2D eigenvalue weighted by atomic mass is 10.0. The molecule has 0 amide bonds. The fourth-order valence-electron chi connectivity index (χ4n) is 3.38. The molecule has 0 aliphatic carbocycles. The highest BCUT2D eigenvalue weighted by Gasteiger charge is 2.23. The number of rotatable bonds is 2. The van der Waals surface area contributed by atoms with Gasteiger partial charge in [0.2, 0.25) is 0 Å². The highest BCUT2D eigenvalue weighted by atomic mass is 16.3. The Hall–Kier alpha value is -3.53. The first-order valence-corrected chi connectivity index (χ1v) is 8.61. The van der Waals surface area contributed by atoms with Gasteiger partial charge in [0, 0.05) is 22.7 Å². The Bertz CT molecular complexity index is 1100. The van der Waals surface area contributed by atoms with E-state index in [-0.39, 0.29) is 0 Å². The molecule has 4 aromatic rings. The van der Waals surface area contributed by atoms with Gasteiger partial charge >= 0.3 is 0 Å². The number of benzene rings is 3. The average molecular weight is 339 g/mol. The lowest BCUT2D eigenvalue weighted by Crippen LogP contribution is -2.33. The third kappa shape index (κ3) is 2.43. The van der Waals surface area contributed by atoms with E-state index in [1.165, 1.54) is 5.56 Å². The van der Waals surface area contributed by atoms with Crippen molar-refractivity contribution in [2.45, 2.75) is 6.54 Å². The number of nitrogens with one attached hydrogen (secondary N) is 1. The van der Waals surface area contributed by atoms with Crippen molar-refractivity contribution in [3.8, 4) is 0 Å². The Labute approximate surface area is 151 Å². The minimum absolute atomic E-state index is 0.736. The highest BCUT2D eigenvalue weighted by molar-refractivity contribution is 6.15. The monoisotopic (exact) mass is 339 g/mol. The van der Waals surface area contributed by atoms with Crippen molar-refractivity contribution < 1.29 is 4.42 Å². The molecule has 0 radical (unpaired) electrons. The SMILES string of the molecule is c1ccc(N(C2=NNCc3ccccc32)c2ccc3ccoc3c2)cc1. The molecule has 26 heavy (non-hydrogen) atoms. The summed E-state index contributed by atoms with van der Waals surface area (Å²) in [4.78, 5) is 2.16. The molecule has 0 atom stereocenters.